The molecule has 0 aliphatic rings. The number of nitrogens with zero attached hydrogens (tertiary/aromatic N) is 1. The summed E-state index contributed by atoms with van der Waals surface area (Å²) in [6.07, 6.45) is 0. The normalized spacial score (nSPS) is 10.2. The van der Waals surface area contributed by atoms with Gasteiger partial charge >= 0.3 is 0 Å². The van der Waals surface area contributed by atoms with Crippen LogP contribution < -0.4 is 5.32 Å². The highest BCUT2D eigenvalue weighted by atomic mass is 79.9. The molecule has 0 atom stereocenters. The molecule has 8 heteroatoms. The predicted molar refractivity (Wildman–Crippen MR) is 80.2 cm³/mol. The third kappa shape index (κ3) is 3.37. The molecule has 108 valence electrons. The molecule has 1 amide bonds. The van der Waals surface area contributed by atoms with Crippen molar-refractivity contribution in [2.24, 2.45) is 0 Å². The van der Waals surface area contributed by atoms with E-state index < -0.39 is 22.3 Å². The number of rotatable bonds is 3. The summed E-state index contributed by atoms with van der Waals surface area (Å²) in [7, 11) is 0. The van der Waals surface area contributed by atoms with E-state index in [1.807, 2.05) is 0 Å². The fraction of sp³-hybridized carbons (Fsp3) is 0. The molecule has 0 heterocycles. The quantitative estimate of drug-likeness (QED) is 0.640. The molecule has 1 N–H and O–H groups in total. The molecule has 0 fully saturated rings. The van der Waals surface area contributed by atoms with Gasteiger partial charge in [0.15, 0.2) is 0 Å². The van der Waals surface area contributed by atoms with Crippen LogP contribution in [0.4, 0.5) is 15.8 Å². The van der Waals surface area contributed by atoms with E-state index in [0.29, 0.717) is 0 Å². The van der Waals surface area contributed by atoms with Crippen molar-refractivity contribution in [1.29, 1.82) is 0 Å². The van der Waals surface area contributed by atoms with Gasteiger partial charge in [-0.2, -0.15) is 0 Å². The van der Waals surface area contributed by atoms with Gasteiger partial charge in [-0.3, -0.25) is 14.9 Å². The van der Waals surface area contributed by atoms with Gasteiger partial charge in [-0.15, -0.1) is 0 Å². The van der Waals surface area contributed by atoms with Crippen molar-refractivity contribution in [2.75, 3.05) is 5.32 Å². The number of halogens is 3. The van der Waals surface area contributed by atoms with E-state index in [4.69, 9.17) is 11.6 Å². The lowest BCUT2D eigenvalue weighted by molar-refractivity contribution is -0.385. The first-order valence-corrected chi connectivity index (χ1v) is 6.76. The topological polar surface area (TPSA) is 72.2 Å². The van der Waals surface area contributed by atoms with Crippen LogP contribution in [0.2, 0.25) is 5.02 Å². The molecule has 0 saturated carbocycles. The Labute approximate surface area is 132 Å². The number of anilines is 1. The zero-order chi connectivity index (χ0) is 15.6. The van der Waals surface area contributed by atoms with Crippen LogP contribution in [-0.4, -0.2) is 10.8 Å². The van der Waals surface area contributed by atoms with E-state index >= 15 is 0 Å². The molecule has 0 bridgehead atoms. The van der Waals surface area contributed by atoms with Crippen LogP contribution in [0.5, 0.6) is 0 Å². The molecule has 0 saturated heterocycles. The molecule has 0 unspecified atom stereocenters. The standard InChI is InChI=1S/C13H7BrClFN2O3/c14-8-5-4-7(6-10(8)16)17-13(19)12-9(15)2-1-3-11(12)18(20)21/h1-6H,(H,17,19). The Hall–Kier alpha value is -1.99. The second-order valence-electron chi connectivity index (χ2n) is 3.97. The van der Waals surface area contributed by atoms with E-state index in [1.54, 1.807) is 0 Å². The average molecular weight is 374 g/mol. The summed E-state index contributed by atoms with van der Waals surface area (Å²) < 4.78 is 13.6. The molecular formula is C13H7BrClFN2O3. The van der Waals surface area contributed by atoms with Gasteiger partial charge in [0.05, 0.1) is 14.4 Å². The monoisotopic (exact) mass is 372 g/mol. The molecule has 0 radical (unpaired) electrons. The first-order valence-electron chi connectivity index (χ1n) is 5.59. The number of carbonyl (C=O) groups is 1. The summed E-state index contributed by atoms with van der Waals surface area (Å²) in [5.41, 5.74) is -0.528. The van der Waals surface area contributed by atoms with Gasteiger partial charge < -0.3 is 5.32 Å². The minimum absolute atomic E-state index is 0.0562. The Kier molecular flexibility index (Phi) is 4.54. The molecule has 2 rings (SSSR count). The fourth-order valence-electron chi connectivity index (χ4n) is 1.66. The minimum atomic E-state index is -0.783. The van der Waals surface area contributed by atoms with Crippen LogP contribution in [0, 0.1) is 15.9 Å². The van der Waals surface area contributed by atoms with E-state index in [0.717, 1.165) is 6.07 Å². The maximum absolute atomic E-state index is 13.4. The minimum Gasteiger partial charge on any atom is -0.322 e. The van der Waals surface area contributed by atoms with Crippen molar-refractivity contribution in [1.82, 2.24) is 0 Å². The predicted octanol–water partition coefficient (Wildman–Crippen LogP) is 4.40. The number of carbonyl (C=O) groups excluding carboxylic acids is 1. The van der Waals surface area contributed by atoms with Gasteiger partial charge in [0.25, 0.3) is 11.6 Å². The second-order valence-corrected chi connectivity index (χ2v) is 5.24. The Balaban J connectivity index is 2.36. The summed E-state index contributed by atoms with van der Waals surface area (Å²) in [4.78, 5) is 22.3. The zero-order valence-electron chi connectivity index (χ0n) is 10.3. The number of benzene rings is 2. The third-order valence-corrected chi connectivity index (χ3v) is 3.55. The highest BCUT2D eigenvalue weighted by Crippen LogP contribution is 2.27. The summed E-state index contributed by atoms with van der Waals surface area (Å²) in [6, 6.07) is 7.86. The Morgan fingerprint density at radius 1 is 1.33 bits per heavy atom. The van der Waals surface area contributed by atoms with E-state index in [1.165, 1.54) is 30.3 Å². The van der Waals surface area contributed by atoms with Crippen LogP contribution in [0.15, 0.2) is 40.9 Å². The molecule has 0 aliphatic heterocycles. The maximum Gasteiger partial charge on any atom is 0.283 e. The van der Waals surface area contributed by atoms with Gasteiger partial charge in [0.1, 0.15) is 11.4 Å². The molecule has 21 heavy (non-hydrogen) atoms. The first-order chi connectivity index (χ1) is 9.90. The fourth-order valence-corrected chi connectivity index (χ4v) is 2.16. The molecular weight excluding hydrogens is 367 g/mol. The molecule has 0 aromatic heterocycles. The summed E-state index contributed by atoms with van der Waals surface area (Å²) in [5, 5.41) is 13.2. The number of hydrogen-bond donors (Lipinski definition) is 1. The first kappa shape index (κ1) is 15.4. The van der Waals surface area contributed by atoms with Crippen LogP contribution in [0.1, 0.15) is 10.4 Å². The lowest BCUT2D eigenvalue weighted by Gasteiger charge is -2.08. The van der Waals surface area contributed by atoms with Crippen molar-refractivity contribution in [3.05, 3.63) is 67.4 Å². The van der Waals surface area contributed by atoms with Gasteiger partial charge in [0, 0.05) is 11.8 Å². The summed E-state index contributed by atoms with van der Waals surface area (Å²) in [5.74, 6) is -1.35. The molecule has 0 spiro atoms. The van der Waals surface area contributed by atoms with Gasteiger partial charge in [-0.05, 0) is 40.2 Å². The SMILES string of the molecule is O=C(Nc1ccc(Br)c(F)c1)c1c(Cl)cccc1[N+](=O)[O-]. The van der Waals surface area contributed by atoms with Crippen molar-refractivity contribution < 1.29 is 14.1 Å². The number of nitro groups is 1. The molecule has 2 aromatic carbocycles. The lowest BCUT2D eigenvalue weighted by atomic mass is 10.1. The third-order valence-electron chi connectivity index (χ3n) is 2.59. The van der Waals surface area contributed by atoms with Crippen LogP contribution in [0.3, 0.4) is 0 Å². The Morgan fingerprint density at radius 2 is 2.05 bits per heavy atom. The van der Waals surface area contributed by atoms with Gasteiger partial charge in [-0.1, -0.05) is 17.7 Å². The van der Waals surface area contributed by atoms with E-state index in [2.05, 4.69) is 21.2 Å². The molecule has 0 aliphatic carbocycles. The smallest absolute Gasteiger partial charge is 0.283 e. The van der Waals surface area contributed by atoms with Crippen LogP contribution in [-0.2, 0) is 0 Å². The number of hydrogen-bond acceptors (Lipinski definition) is 3. The average Bonchev–Trinajstić information content (AvgIpc) is 2.42. The van der Waals surface area contributed by atoms with Gasteiger partial charge in [-0.25, -0.2) is 4.39 Å². The second kappa shape index (κ2) is 6.19. The largest absolute Gasteiger partial charge is 0.322 e. The van der Waals surface area contributed by atoms with Crippen molar-refractivity contribution in [3.63, 3.8) is 0 Å². The Morgan fingerprint density at radius 3 is 2.67 bits per heavy atom. The number of amides is 1. The Bertz CT molecular complexity index is 739. The van der Waals surface area contributed by atoms with Crippen LogP contribution >= 0.6 is 27.5 Å². The van der Waals surface area contributed by atoms with E-state index in [9.17, 15) is 19.3 Å². The van der Waals surface area contributed by atoms with Crippen molar-refractivity contribution in [3.8, 4) is 0 Å². The highest BCUT2D eigenvalue weighted by molar-refractivity contribution is 9.10. The zero-order valence-corrected chi connectivity index (χ0v) is 12.6. The van der Waals surface area contributed by atoms with E-state index in [-0.39, 0.29) is 20.7 Å². The molecule has 5 nitrogen and oxygen atoms in total. The molecule has 2 aromatic rings. The number of nitro benzene ring substituents is 1. The summed E-state index contributed by atoms with van der Waals surface area (Å²) >= 11 is 8.83. The lowest BCUT2D eigenvalue weighted by Crippen LogP contribution is -2.14. The number of nitrogens with one attached hydrogen (secondary N) is 1. The highest BCUT2D eigenvalue weighted by Gasteiger charge is 2.23. The maximum atomic E-state index is 13.4. The van der Waals surface area contributed by atoms with Crippen molar-refractivity contribution >= 4 is 44.8 Å². The van der Waals surface area contributed by atoms with Gasteiger partial charge in [0.2, 0.25) is 0 Å². The summed E-state index contributed by atoms with van der Waals surface area (Å²) in [6.45, 7) is 0. The van der Waals surface area contributed by atoms with Crippen molar-refractivity contribution in [2.45, 2.75) is 0 Å². The van der Waals surface area contributed by atoms with Crippen LogP contribution in [0.25, 0.3) is 0 Å².